The number of hydrogen-bond donors (Lipinski definition) is 0. The highest BCUT2D eigenvalue weighted by molar-refractivity contribution is 6.91. The second-order valence-electron chi connectivity index (χ2n) is 15.7. The van der Waals surface area contributed by atoms with Gasteiger partial charge in [0.05, 0.1) is 7.11 Å². The summed E-state index contributed by atoms with van der Waals surface area (Å²) in [4.78, 5) is 11.6. The summed E-state index contributed by atoms with van der Waals surface area (Å²) in [5, 5.41) is 0. The summed E-state index contributed by atoms with van der Waals surface area (Å²) in [7, 11) is -31.0. The van der Waals surface area contributed by atoms with E-state index < -0.39 is 80.9 Å². The first-order chi connectivity index (χ1) is 32.4. The molecule has 0 heterocycles. The van der Waals surface area contributed by atoms with E-state index in [4.69, 9.17) is 91.8 Å². The van der Waals surface area contributed by atoms with E-state index in [1.807, 2.05) is 56.0 Å². The molecule has 2 aromatic carbocycles. The highest BCUT2D eigenvalue weighted by Crippen LogP contribution is 2.40. The Morgan fingerprint density at radius 1 is 0.507 bits per heavy atom. The van der Waals surface area contributed by atoms with Gasteiger partial charge in [0.25, 0.3) is 0 Å². The quantitative estimate of drug-likeness (QED) is 0.0351. The predicted molar refractivity (Wildman–Crippen MR) is 316 cm³/mol. The van der Waals surface area contributed by atoms with E-state index in [9.17, 15) is 4.79 Å². The van der Waals surface area contributed by atoms with Crippen molar-refractivity contribution in [1.82, 2.24) is 0 Å². The fourth-order valence-electron chi connectivity index (χ4n) is 7.12. The van der Waals surface area contributed by atoms with Crippen molar-refractivity contribution in [2.45, 2.75) is 70.9 Å². The van der Waals surface area contributed by atoms with Gasteiger partial charge in [-0.2, -0.15) is 0 Å². The van der Waals surface area contributed by atoms with Gasteiger partial charge in [-0.3, -0.25) is 4.79 Å². The topological polar surface area (TPSA) is 220 Å². The van der Waals surface area contributed by atoms with Gasteiger partial charge in [0.2, 0.25) is 0 Å². The van der Waals surface area contributed by atoms with Crippen molar-refractivity contribution in [2.24, 2.45) is 0 Å². The Bertz CT molecular complexity index is 1760. The summed E-state index contributed by atoms with van der Waals surface area (Å²) in [5.74, 6) is 0.980. The lowest BCUT2D eigenvalue weighted by Crippen LogP contribution is -2.76. The maximum absolute atomic E-state index is 11.6. The zero-order chi connectivity index (χ0) is 52.4. The van der Waals surface area contributed by atoms with Gasteiger partial charge in [-0.25, -0.2) is 0 Å². The molecule has 0 radical (unpaired) electrons. The van der Waals surface area contributed by atoms with Crippen LogP contribution in [0, 0.1) is 0 Å². The number of esters is 1. The summed E-state index contributed by atoms with van der Waals surface area (Å²) in [6.07, 6.45) is 0.761. The SMILES string of the molecule is COc1ccc(C(CC(C)c2ccc(OC(C)=O)cc2)C[Si](C)(C)O[Si](C)(C)O[Si](O[Si](O[SiH3])(O[SiH3])O[SiH3])(O[Si](O[SiH3])(O[SiH3])O[SiH3])O[Si](O[SiH3])(O[Si](O[SiH3])(O[SiH3])O[SiH3])O[Si](O[SiH3])(O[SiH3])O[SiH2]C)cc1. The average Bonchev–Trinajstić information content (AvgIpc) is 3.33. The fraction of sp³-hybridized carbons (Fsp3) is 0.480. The molecule has 44 heteroatoms. The number of rotatable bonds is 36. The van der Waals surface area contributed by atoms with Gasteiger partial charge in [-0.1, -0.05) is 37.7 Å². The summed E-state index contributed by atoms with van der Waals surface area (Å²) in [6.45, 7) is 13.5. The van der Waals surface area contributed by atoms with E-state index in [1.54, 1.807) is 7.11 Å². The molecule has 0 spiro atoms. The Labute approximate surface area is 454 Å². The van der Waals surface area contributed by atoms with Crippen LogP contribution < -0.4 is 9.47 Å². The Kier molecular flexibility index (Phi) is 29.3. The molecule has 3 unspecified atom stereocenters. The van der Waals surface area contributed by atoms with Crippen molar-refractivity contribution in [2.75, 3.05) is 7.11 Å². The van der Waals surface area contributed by atoms with Crippen LogP contribution in [0.15, 0.2) is 48.5 Å². The smallest absolute Gasteiger partial charge is 0.497 e. The van der Waals surface area contributed by atoms with Crippen LogP contribution in [0.25, 0.3) is 0 Å². The second kappa shape index (κ2) is 30.4. The molecule has 398 valence electrons. The van der Waals surface area contributed by atoms with Crippen LogP contribution in [0.4, 0.5) is 0 Å². The molecule has 0 N–H and O–H groups in total. The number of carbonyl (C=O) groups is 1. The number of carbonyl (C=O) groups excluding carboxylic acids is 1. The monoisotopic (exact) mass is 1330 g/mol. The summed E-state index contributed by atoms with van der Waals surface area (Å²) in [6, 6.07) is 16.4. The predicted octanol–water partition coefficient (Wildman–Crippen LogP) is -11.8. The molecule has 2 rings (SSSR count). The summed E-state index contributed by atoms with van der Waals surface area (Å²) in [5.41, 5.74) is 2.21. The Hall–Kier alpha value is 1.46. The van der Waals surface area contributed by atoms with Gasteiger partial charge < -0.3 is 91.8 Å². The van der Waals surface area contributed by atoms with Crippen molar-refractivity contribution < 1.29 is 96.6 Å². The van der Waals surface area contributed by atoms with Crippen LogP contribution in [-0.4, -0.2) is 220 Å². The zero-order valence-electron chi connectivity index (χ0n) is 43.8. The van der Waals surface area contributed by atoms with Crippen LogP contribution in [0.2, 0.25) is 38.8 Å². The third-order valence-electron chi connectivity index (χ3n) is 10.1. The van der Waals surface area contributed by atoms with E-state index in [0.717, 1.165) is 23.3 Å². The van der Waals surface area contributed by atoms with E-state index in [0.29, 0.717) is 11.8 Å². The van der Waals surface area contributed by atoms with E-state index in [2.05, 4.69) is 32.2 Å². The Balaban J connectivity index is 2.97. The van der Waals surface area contributed by atoms with E-state index >= 15 is 0 Å². The maximum atomic E-state index is 11.6. The number of benzene rings is 2. The minimum Gasteiger partial charge on any atom is -0.497 e. The van der Waals surface area contributed by atoms with Crippen molar-refractivity contribution in [3.63, 3.8) is 0 Å². The molecule has 0 fully saturated rings. The van der Waals surface area contributed by atoms with Crippen LogP contribution >= 0.6 is 0 Å². The lowest BCUT2D eigenvalue weighted by Gasteiger charge is -2.46. The first kappa shape index (κ1) is 66.6. The zero-order valence-corrected chi connectivity index (χ0v) is 77.2. The van der Waals surface area contributed by atoms with Crippen LogP contribution in [0.3, 0.4) is 0 Å². The van der Waals surface area contributed by atoms with Gasteiger partial charge in [0, 0.05) is 6.92 Å². The summed E-state index contributed by atoms with van der Waals surface area (Å²) >= 11 is 0. The molecule has 0 aliphatic rings. The highest BCUT2D eigenvalue weighted by Gasteiger charge is 2.73. The molecule has 0 aliphatic carbocycles. The number of methoxy groups -OCH3 is 1. The minimum atomic E-state index is -5.16. The van der Waals surface area contributed by atoms with E-state index in [1.165, 1.54) is 6.92 Å². The van der Waals surface area contributed by atoms with Crippen LogP contribution in [-0.2, 0) is 87.1 Å². The lowest BCUT2D eigenvalue weighted by molar-refractivity contribution is -0.131. The van der Waals surface area contributed by atoms with E-state index in [-0.39, 0.29) is 144 Å². The molecule has 69 heavy (non-hydrogen) atoms. The normalized spacial score (nSPS) is 19.4. The molecular formula is C25H76O23Si21. The molecule has 0 saturated carbocycles. The Morgan fingerprint density at radius 2 is 0.870 bits per heavy atom. The molecule has 0 bridgehead atoms. The molecule has 2 aromatic rings. The fourth-order valence-corrected chi connectivity index (χ4v) is 70.4. The standard InChI is InChI=1S/C25H76O23Si21/c1-19(21-9-15-25(16-10-21)28-20(2)26)17-23(22-11-13-24(27-3)14-12-22)18-62(5,6)42-63(7,8)43-69(45-65(32-52,33-53)34-54,46-66(35-55,36-56)37-57)48-68(40-60,44-64(29-49,30-50)31-51)47-67(38-58,39-59)41-61-4/h9-16,19,23H,17-18,61H2,1-8,49-60H3. The van der Waals surface area contributed by atoms with Crippen molar-refractivity contribution in [3.8, 4) is 11.5 Å². The minimum absolute atomic E-state index is 0.0173. The second-order valence-corrected chi connectivity index (χ2v) is 55.5. The van der Waals surface area contributed by atoms with Crippen molar-refractivity contribution >= 4 is 213 Å². The average molecular weight is 1330 g/mol. The molecule has 23 nitrogen and oxygen atoms in total. The molecule has 0 aromatic heterocycles. The summed E-state index contributed by atoms with van der Waals surface area (Å²) < 4.78 is 139. The maximum Gasteiger partial charge on any atom is 0.653 e. The van der Waals surface area contributed by atoms with Gasteiger partial charge >= 0.3 is 68.8 Å². The molecule has 3 atom stereocenters. The molecule has 0 amide bonds. The van der Waals surface area contributed by atoms with Crippen LogP contribution in [0.1, 0.15) is 43.2 Å². The first-order valence-corrected chi connectivity index (χ1v) is 49.0. The van der Waals surface area contributed by atoms with Crippen LogP contribution in [0.5, 0.6) is 11.5 Å². The highest BCUT2D eigenvalue weighted by atomic mass is 28.6. The number of hydrogen-bond acceptors (Lipinski definition) is 23. The first-order valence-electron chi connectivity index (χ1n) is 21.5. The van der Waals surface area contributed by atoms with Gasteiger partial charge in [-0.05, 0) is 85.9 Å². The van der Waals surface area contributed by atoms with Gasteiger partial charge in [-0.15, -0.1) is 0 Å². The van der Waals surface area contributed by atoms with Crippen molar-refractivity contribution in [1.29, 1.82) is 0 Å². The van der Waals surface area contributed by atoms with Crippen molar-refractivity contribution in [3.05, 3.63) is 59.7 Å². The van der Waals surface area contributed by atoms with Gasteiger partial charge in [0.1, 0.15) is 137 Å². The molecule has 0 aliphatic heterocycles. The molecular weight excluding hydrogens is 1260 g/mol. The Morgan fingerprint density at radius 3 is 1.25 bits per heavy atom. The third kappa shape index (κ3) is 19.8. The number of ether oxygens (including phenoxy) is 2. The third-order valence-corrected chi connectivity index (χ3v) is 55.3. The van der Waals surface area contributed by atoms with Gasteiger partial charge in [0.15, 0.2) is 18.1 Å². The largest absolute Gasteiger partial charge is 0.653 e. The molecule has 0 saturated heterocycles. The lowest BCUT2D eigenvalue weighted by atomic mass is 9.87.